The predicted octanol–water partition coefficient (Wildman–Crippen LogP) is 4.83. The molecule has 1 amide bonds. The quantitative estimate of drug-likeness (QED) is 0.584. The van der Waals surface area contributed by atoms with E-state index in [2.05, 4.69) is 5.32 Å². The monoisotopic (exact) mass is 404 g/mol. The first-order valence-electron chi connectivity index (χ1n) is 9.90. The number of benzene rings is 3. The fourth-order valence-electron chi connectivity index (χ4n) is 3.38. The molecule has 0 fully saturated rings. The van der Waals surface area contributed by atoms with Crippen molar-refractivity contribution in [3.05, 3.63) is 78.4 Å². The first-order valence-corrected chi connectivity index (χ1v) is 9.90. The summed E-state index contributed by atoms with van der Waals surface area (Å²) in [5.74, 6) is 1.30. The van der Waals surface area contributed by atoms with Crippen LogP contribution < -0.4 is 14.8 Å². The lowest BCUT2D eigenvalue weighted by Gasteiger charge is -2.25. The van der Waals surface area contributed by atoms with E-state index in [0.717, 1.165) is 22.4 Å². The standard InChI is InChI=1S/C25H28N2O3/c1-18(27(2)17-20-13-10-16-23(29-3)24(20)30-4)25(28)26-22-15-9-8-14-21(22)19-11-6-5-7-12-19/h5-16,18H,17H2,1-4H3,(H,26,28)/t18-/m1/s1. The molecule has 0 saturated heterocycles. The van der Waals surface area contributed by atoms with E-state index in [-0.39, 0.29) is 11.9 Å². The van der Waals surface area contributed by atoms with E-state index in [4.69, 9.17) is 9.47 Å². The number of anilines is 1. The Morgan fingerprint density at radius 3 is 2.33 bits per heavy atom. The van der Waals surface area contributed by atoms with Crippen LogP contribution in [-0.4, -0.2) is 38.1 Å². The number of carbonyl (C=O) groups excluding carboxylic acids is 1. The molecule has 0 saturated carbocycles. The lowest BCUT2D eigenvalue weighted by atomic mass is 10.0. The molecule has 0 aromatic heterocycles. The van der Waals surface area contributed by atoms with Crippen LogP contribution in [0.25, 0.3) is 11.1 Å². The van der Waals surface area contributed by atoms with E-state index in [9.17, 15) is 4.79 Å². The minimum atomic E-state index is -0.343. The summed E-state index contributed by atoms with van der Waals surface area (Å²) in [4.78, 5) is 15.0. The number of hydrogen-bond acceptors (Lipinski definition) is 4. The number of hydrogen-bond donors (Lipinski definition) is 1. The lowest BCUT2D eigenvalue weighted by molar-refractivity contribution is -0.120. The zero-order chi connectivity index (χ0) is 21.5. The Balaban J connectivity index is 1.74. The Morgan fingerprint density at radius 1 is 0.933 bits per heavy atom. The van der Waals surface area contributed by atoms with Crippen LogP contribution in [-0.2, 0) is 11.3 Å². The molecule has 5 heteroatoms. The first-order chi connectivity index (χ1) is 14.5. The van der Waals surface area contributed by atoms with E-state index in [0.29, 0.717) is 18.0 Å². The van der Waals surface area contributed by atoms with Gasteiger partial charge in [0.25, 0.3) is 0 Å². The molecule has 3 rings (SSSR count). The summed E-state index contributed by atoms with van der Waals surface area (Å²) in [5, 5.41) is 3.09. The maximum Gasteiger partial charge on any atom is 0.241 e. The third kappa shape index (κ3) is 4.81. The van der Waals surface area contributed by atoms with Gasteiger partial charge in [0.1, 0.15) is 0 Å². The molecule has 0 spiro atoms. The summed E-state index contributed by atoms with van der Waals surface area (Å²) in [6.45, 7) is 2.45. The van der Waals surface area contributed by atoms with Gasteiger partial charge in [0, 0.05) is 23.4 Å². The molecule has 30 heavy (non-hydrogen) atoms. The largest absolute Gasteiger partial charge is 0.493 e. The zero-order valence-electron chi connectivity index (χ0n) is 17.9. The van der Waals surface area contributed by atoms with Crippen LogP contribution in [0.4, 0.5) is 5.69 Å². The average Bonchev–Trinajstić information content (AvgIpc) is 2.79. The van der Waals surface area contributed by atoms with Gasteiger partial charge in [-0.15, -0.1) is 0 Å². The summed E-state index contributed by atoms with van der Waals surface area (Å²) >= 11 is 0. The van der Waals surface area contributed by atoms with Gasteiger partial charge in [-0.25, -0.2) is 0 Å². The highest BCUT2D eigenvalue weighted by Crippen LogP contribution is 2.32. The molecule has 3 aromatic carbocycles. The summed E-state index contributed by atoms with van der Waals surface area (Å²) in [6, 6.07) is 23.3. The number of para-hydroxylation sites is 2. The summed E-state index contributed by atoms with van der Waals surface area (Å²) in [5.41, 5.74) is 3.82. The van der Waals surface area contributed by atoms with Gasteiger partial charge >= 0.3 is 0 Å². The summed E-state index contributed by atoms with van der Waals surface area (Å²) < 4.78 is 10.9. The number of amides is 1. The predicted molar refractivity (Wildman–Crippen MR) is 121 cm³/mol. The summed E-state index contributed by atoms with van der Waals surface area (Å²) in [7, 11) is 5.16. The number of likely N-dealkylation sites (N-methyl/N-ethyl adjacent to an activating group) is 1. The molecule has 0 aliphatic heterocycles. The van der Waals surface area contributed by atoms with Crippen molar-refractivity contribution in [3.8, 4) is 22.6 Å². The Kier molecular flexibility index (Phi) is 7.09. The molecule has 156 valence electrons. The number of methoxy groups -OCH3 is 2. The second kappa shape index (κ2) is 9.94. The molecule has 0 unspecified atom stereocenters. The SMILES string of the molecule is COc1cccc(CN(C)[C@H](C)C(=O)Nc2ccccc2-c2ccccc2)c1OC. The number of nitrogens with one attached hydrogen (secondary N) is 1. The topological polar surface area (TPSA) is 50.8 Å². The van der Waals surface area contributed by atoms with Crippen LogP contribution in [0.1, 0.15) is 12.5 Å². The third-order valence-electron chi connectivity index (χ3n) is 5.21. The Bertz CT molecular complexity index is 989. The van der Waals surface area contributed by atoms with Crippen LogP contribution >= 0.6 is 0 Å². The van der Waals surface area contributed by atoms with E-state index < -0.39 is 0 Å². The van der Waals surface area contributed by atoms with Crippen molar-refractivity contribution >= 4 is 11.6 Å². The average molecular weight is 405 g/mol. The number of rotatable bonds is 8. The molecule has 1 N–H and O–H groups in total. The van der Waals surface area contributed by atoms with Gasteiger partial charge in [-0.3, -0.25) is 9.69 Å². The number of nitrogens with zero attached hydrogens (tertiary/aromatic N) is 1. The van der Waals surface area contributed by atoms with Gasteiger partial charge in [0.2, 0.25) is 5.91 Å². The Morgan fingerprint density at radius 2 is 1.63 bits per heavy atom. The van der Waals surface area contributed by atoms with Gasteiger partial charge in [0.15, 0.2) is 11.5 Å². The molecule has 0 bridgehead atoms. The minimum Gasteiger partial charge on any atom is -0.493 e. The lowest BCUT2D eigenvalue weighted by Crippen LogP contribution is -2.39. The van der Waals surface area contributed by atoms with E-state index in [1.54, 1.807) is 14.2 Å². The second-order valence-electron chi connectivity index (χ2n) is 7.14. The van der Waals surface area contributed by atoms with Gasteiger partial charge in [-0.1, -0.05) is 60.7 Å². The van der Waals surface area contributed by atoms with E-state index in [1.807, 2.05) is 91.7 Å². The molecule has 0 heterocycles. The Hall–Kier alpha value is -3.31. The van der Waals surface area contributed by atoms with Crippen molar-refractivity contribution in [3.63, 3.8) is 0 Å². The molecule has 1 atom stereocenters. The first kappa shape index (κ1) is 21.4. The third-order valence-corrected chi connectivity index (χ3v) is 5.21. The van der Waals surface area contributed by atoms with Crippen LogP contribution in [0, 0.1) is 0 Å². The van der Waals surface area contributed by atoms with Crippen molar-refractivity contribution < 1.29 is 14.3 Å². The van der Waals surface area contributed by atoms with E-state index >= 15 is 0 Å². The van der Waals surface area contributed by atoms with Crippen LogP contribution in [0.2, 0.25) is 0 Å². The highest BCUT2D eigenvalue weighted by Gasteiger charge is 2.21. The van der Waals surface area contributed by atoms with Crippen LogP contribution in [0.3, 0.4) is 0 Å². The molecule has 3 aromatic rings. The molecular formula is C25H28N2O3. The molecule has 0 aliphatic carbocycles. The van der Waals surface area contributed by atoms with Crippen molar-refractivity contribution in [2.24, 2.45) is 0 Å². The van der Waals surface area contributed by atoms with Crippen LogP contribution in [0.5, 0.6) is 11.5 Å². The second-order valence-corrected chi connectivity index (χ2v) is 7.14. The number of ether oxygens (including phenoxy) is 2. The Labute approximate surface area is 178 Å². The van der Waals surface area contributed by atoms with Gasteiger partial charge in [0.05, 0.1) is 20.3 Å². The fourth-order valence-corrected chi connectivity index (χ4v) is 3.38. The van der Waals surface area contributed by atoms with Crippen LogP contribution in [0.15, 0.2) is 72.8 Å². The highest BCUT2D eigenvalue weighted by atomic mass is 16.5. The van der Waals surface area contributed by atoms with Gasteiger partial charge < -0.3 is 14.8 Å². The van der Waals surface area contributed by atoms with Gasteiger partial charge in [-0.2, -0.15) is 0 Å². The summed E-state index contributed by atoms with van der Waals surface area (Å²) in [6.07, 6.45) is 0. The minimum absolute atomic E-state index is 0.0669. The molecule has 5 nitrogen and oxygen atoms in total. The molecular weight excluding hydrogens is 376 g/mol. The van der Waals surface area contributed by atoms with Crippen molar-refractivity contribution in [1.29, 1.82) is 0 Å². The van der Waals surface area contributed by atoms with Crippen molar-refractivity contribution in [2.45, 2.75) is 19.5 Å². The van der Waals surface area contributed by atoms with E-state index in [1.165, 1.54) is 0 Å². The van der Waals surface area contributed by atoms with Crippen molar-refractivity contribution in [1.82, 2.24) is 4.90 Å². The molecule has 0 aliphatic rings. The maximum absolute atomic E-state index is 13.0. The van der Waals surface area contributed by atoms with Gasteiger partial charge in [-0.05, 0) is 31.7 Å². The zero-order valence-corrected chi connectivity index (χ0v) is 17.9. The molecule has 0 radical (unpaired) electrons. The fraction of sp³-hybridized carbons (Fsp3) is 0.240. The smallest absolute Gasteiger partial charge is 0.241 e. The number of carbonyl (C=O) groups is 1. The van der Waals surface area contributed by atoms with Crippen molar-refractivity contribution in [2.75, 3.05) is 26.6 Å². The normalized spacial score (nSPS) is 11.8. The maximum atomic E-state index is 13.0. The highest BCUT2D eigenvalue weighted by molar-refractivity contribution is 5.98.